The van der Waals surface area contributed by atoms with E-state index >= 15 is 0 Å². The average Bonchev–Trinajstić information content (AvgIpc) is 2.84. The second kappa shape index (κ2) is 10.2. The number of hydrogen-bond acceptors (Lipinski definition) is 5. The van der Waals surface area contributed by atoms with Crippen LogP contribution in [-0.4, -0.2) is 20.5 Å². The first-order valence-electron chi connectivity index (χ1n) is 10.6. The number of carbonyl (C=O) groups is 1. The molecule has 0 aromatic heterocycles. The third-order valence-electron chi connectivity index (χ3n) is 5.12. The minimum atomic E-state index is -4.49. The van der Waals surface area contributed by atoms with Crippen LogP contribution in [0.15, 0.2) is 101 Å². The number of hydrazone groups is 1. The highest BCUT2D eigenvalue weighted by Gasteiger charge is 2.30. The molecular formula is C26H19F3N2O4S. The van der Waals surface area contributed by atoms with Crippen molar-refractivity contribution < 1.29 is 30.6 Å². The van der Waals surface area contributed by atoms with Crippen molar-refractivity contribution in [3.63, 3.8) is 0 Å². The molecule has 0 heterocycles. The van der Waals surface area contributed by atoms with Crippen LogP contribution in [0.5, 0.6) is 5.75 Å². The molecule has 4 aromatic rings. The molecule has 4 aromatic carbocycles. The Morgan fingerprint density at radius 3 is 2.33 bits per heavy atom. The van der Waals surface area contributed by atoms with Gasteiger partial charge in [-0.1, -0.05) is 48.5 Å². The summed E-state index contributed by atoms with van der Waals surface area (Å²) in [5, 5.41) is 5.46. The minimum Gasteiger partial charge on any atom is -0.379 e. The molecule has 0 spiro atoms. The summed E-state index contributed by atoms with van der Waals surface area (Å²) in [5.41, 5.74) is 2.15. The summed E-state index contributed by atoms with van der Waals surface area (Å²) >= 11 is 0. The predicted octanol–water partition coefficient (Wildman–Crippen LogP) is 5.32. The normalized spacial score (nSPS) is 12.1. The molecule has 36 heavy (non-hydrogen) atoms. The average molecular weight is 513 g/mol. The summed E-state index contributed by atoms with van der Waals surface area (Å²) in [6, 6.07) is 22.5. The van der Waals surface area contributed by atoms with E-state index < -0.39 is 27.8 Å². The van der Waals surface area contributed by atoms with Crippen molar-refractivity contribution >= 4 is 33.0 Å². The number of rotatable bonds is 7. The molecule has 6 nitrogen and oxygen atoms in total. The van der Waals surface area contributed by atoms with Gasteiger partial charge in [0.2, 0.25) is 5.91 Å². The maximum Gasteiger partial charge on any atom is 0.416 e. The molecular weight excluding hydrogens is 493 g/mol. The van der Waals surface area contributed by atoms with E-state index in [1.807, 2.05) is 18.2 Å². The van der Waals surface area contributed by atoms with Crippen LogP contribution in [-0.2, 0) is 27.5 Å². The van der Waals surface area contributed by atoms with Gasteiger partial charge in [0.1, 0.15) is 10.6 Å². The van der Waals surface area contributed by atoms with Gasteiger partial charge in [-0.3, -0.25) is 4.79 Å². The van der Waals surface area contributed by atoms with Gasteiger partial charge in [0.15, 0.2) is 0 Å². The molecule has 0 aliphatic rings. The van der Waals surface area contributed by atoms with Crippen molar-refractivity contribution in [3.8, 4) is 5.75 Å². The van der Waals surface area contributed by atoms with Gasteiger partial charge >= 0.3 is 16.3 Å². The zero-order valence-corrected chi connectivity index (χ0v) is 19.4. The number of hydrogen-bond donors (Lipinski definition) is 1. The second-order valence-electron chi connectivity index (χ2n) is 7.78. The fourth-order valence-corrected chi connectivity index (χ4v) is 4.34. The Morgan fingerprint density at radius 2 is 1.61 bits per heavy atom. The third kappa shape index (κ3) is 6.28. The summed E-state index contributed by atoms with van der Waals surface area (Å²) in [6.45, 7) is 0. The van der Waals surface area contributed by atoms with Gasteiger partial charge in [-0.25, -0.2) is 5.43 Å². The SMILES string of the molecule is O=C(Cc1cccc(C(F)(F)F)c1)N/N=C\c1ccc(OS(=O)(=O)c2ccc3ccccc3c2)cc1. The fourth-order valence-electron chi connectivity index (χ4n) is 3.37. The van der Waals surface area contributed by atoms with E-state index in [1.165, 1.54) is 54.7 Å². The summed E-state index contributed by atoms with van der Waals surface area (Å²) in [5.74, 6) is -0.499. The van der Waals surface area contributed by atoms with Gasteiger partial charge in [-0.15, -0.1) is 0 Å². The molecule has 0 unspecified atom stereocenters. The lowest BCUT2D eigenvalue weighted by Gasteiger charge is -2.08. The highest BCUT2D eigenvalue weighted by atomic mass is 32.2. The molecule has 0 radical (unpaired) electrons. The summed E-state index contributed by atoms with van der Waals surface area (Å²) < 4.78 is 68.9. The lowest BCUT2D eigenvalue weighted by molar-refractivity contribution is -0.137. The first-order chi connectivity index (χ1) is 17.1. The molecule has 4 rings (SSSR count). The summed E-state index contributed by atoms with van der Waals surface area (Å²) in [6.07, 6.45) is -3.46. The molecule has 0 aliphatic carbocycles. The van der Waals surface area contributed by atoms with Crippen LogP contribution < -0.4 is 9.61 Å². The van der Waals surface area contributed by atoms with Gasteiger partial charge < -0.3 is 4.18 Å². The van der Waals surface area contributed by atoms with Crippen LogP contribution in [0.25, 0.3) is 10.8 Å². The highest BCUT2D eigenvalue weighted by Crippen LogP contribution is 2.29. The fraction of sp³-hybridized carbons (Fsp3) is 0.0769. The number of nitrogens with one attached hydrogen (secondary N) is 1. The lowest BCUT2D eigenvalue weighted by Crippen LogP contribution is -2.20. The standard InChI is InChI=1S/C26H19F3N2O4S/c27-26(28,29)22-7-3-4-19(14-22)15-25(32)31-30-17-18-8-11-23(12-9-18)35-36(33,34)24-13-10-20-5-1-2-6-21(20)16-24/h1-14,16-17H,15H2,(H,31,32)/b30-17-. The van der Waals surface area contributed by atoms with E-state index in [2.05, 4.69) is 10.5 Å². The Morgan fingerprint density at radius 1 is 0.889 bits per heavy atom. The molecule has 1 N–H and O–H groups in total. The van der Waals surface area contributed by atoms with Crippen molar-refractivity contribution in [2.75, 3.05) is 0 Å². The van der Waals surface area contributed by atoms with Crippen molar-refractivity contribution in [2.24, 2.45) is 5.10 Å². The number of carbonyl (C=O) groups excluding carboxylic acids is 1. The maximum atomic E-state index is 12.8. The van der Waals surface area contributed by atoms with Crippen LogP contribution in [0.1, 0.15) is 16.7 Å². The van der Waals surface area contributed by atoms with Crippen molar-refractivity contribution in [2.45, 2.75) is 17.5 Å². The number of fused-ring (bicyclic) bond motifs is 1. The summed E-state index contributed by atoms with van der Waals surface area (Å²) in [7, 11) is -4.05. The Hall–Kier alpha value is -4.18. The van der Waals surface area contributed by atoms with Crippen molar-refractivity contribution in [1.82, 2.24) is 5.43 Å². The van der Waals surface area contributed by atoms with Gasteiger partial charge in [0.05, 0.1) is 18.2 Å². The molecule has 184 valence electrons. The van der Waals surface area contributed by atoms with Crippen molar-refractivity contribution in [1.29, 1.82) is 0 Å². The number of amides is 1. The minimum absolute atomic E-state index is 0.0234. The maximum absolute atomic E-state index is 12.8. The van der Waals surface area contributed by atoms with Crippen molar-refractivity contribution in [3.05, 3.63) is 108 Å². The van der Waals surface area contributed by atoms with Gasteiger partial charge in [0.25, 0.3) is 0 Å². The topological polar surface area (TPSA) is 84.8 Å². The van der Waals surface area contributed by atoms with E-state index in [1.54, 1.807) is 12.1 Å². The van der Waals surface area contributed by atoms with Crippen LogP contribution in [0.2, 0.25) is 0 Å². The molecule has 1 amide bonds. The smallest absolute Gasteiger partial charge is 0.379 e. The molecule has 0 atom stereocenters. The second-order valence-corrected chi connectivity index (χ2v) is 9.33. The van der Waals surface area contributed by atoms with E-state index in [0.717, 1.165) is 22.9 Å². The van der Waals surface area contributed by atoms with Crippen LogP contribution in [0.4, 0.5) is 13.2 Å². The van der Waals surface area contributed by atoms with E-state index in [4.69, 9.17) is 4.18 Å². The monoisotopic (exact) mass is 512 g/mol. The lowest BCUT2D eigenvalue weighted by atomic mass is 10.1. The third-order valence-corrected chi connectivity index (χ3v) is 6.36. The molecule has 10 heteroatoms. The Labute approximate surface area is 205 Å². The van der Waals surface area contributed by atoms with Gasteiger partial charge in [0, 0.05) is 0 Å². The molecule has 0 bridgehead atoms. The van der Waals surface area contributed by atoms with Gasteiger partial charge in [-0.05, 0) is 64.4 Å². The van der Waals surface area contributed by atoms with Crippen LogP contribution in [0, 0.1) is 0 Å². The van der Waals surface area contributed by atoms with Gasteiger partial charge in [-0.2, -0.15) is 26.7 Å². The Kier molecular flexibility index (Phi) is 7.07. The quantitative estimate of drug-likeness (QED) is 0.206. The first kappa shape index (κ1) is 24.9. The number of benzene rings is 4. The zero-order valence-electron chi connectivity index (χ0n) is 18.6. The number of alkyl halides is 3. The zero-order chi connectivity index (χ0) is 25.8. The van der Waals surface area contributed by atoms with E-state index in [-0.39, 0.29) is 22.6 Å². The van der Waals surface area contributed by atoms with E-state index in [9.17, 15) is 26.4 Å². The highest BCUT2D eigenvalue weighted by molar-refractivity contribution is 7.87. The number of halogens is 3. The Bertz CT molecular complexity index is 1530. The number of nitrogens with zero attached hydrogens (tertiary/aromatic N) is 1. The summed E-state index contributed by atoms with van der Waals surface area (Å²) in [4.78, 5) is 12.0. The molecule has 0 saturated carbocycles. The predicted molar refractivity (Wildman–Crippen MR) is 129 cm³/mol. The van der Waals surface area contributed by atoms with Crippen LogP contribution >= 0.6 is 0 Å². The van der Waals surface area contributed by atoms with Crippen LogP contribution in [0.3, 0.4) is 0 Å². The molecule has 0 fully saturated rings. The van der Waals surface area contributed by atoms with E-state index in [0.29, 0.717) is 5.56 Å². The molecule has 0 saturated heterocycles. The Balaban J connectivity index is 1.35. The molecule has 0 aliphatic heterocycles. The first-order valence-corrected chi connectivity index (χ1v) is 12.0. The largest absolute Gasteiger partial charge is 0.416 e.